The molecule has 150 valence electrons. The highest BCUT2D eigenvalue weighted by Gasteiger charge is 2.20. The van der Waals surface area contributed by atoms with Crippen molar-refractivity contribution in [2.45, 2.75) is 23.8 Å². The van der Waals surface area contributed by atoms with Crippen molar-refractivity contribution in [3.05, 3.63) is 66.4 Å². The first-order valence-electron chi connectivity index (χ1n) is 9.39. The van der Waals surface area contributed by atoms with Gasteiger partial charge in [-0.2, -0.15) is 0 Å². The molecule has 0 saturated carbocycles. The molecule has 3 aromatic rings. The van der Waals surface area contributed by atoms with Gasteiger partial charge in [-0.15, -0.1) is 0 Å². The smallest absolute Gasteiger partial charge is 0.255 e. The van der Waals surface area contributed by atoms with Crippen LogP contribution in [0, 0.1) is 0 Å². The van der Waals surface area contributed by atoms with Crippen LogP contribution in [-0.2, 0) is 14.8 Å². The standard InChI is InChI=1S/C21H21N3O4S/c25-21(24-19-7-1-4-15-5-2-12-22-20(15)19)16-8-10-18(11-9-16)29(26,27)23-14-17-6-3-13-28-17/h1-2,4-5,7-12,17,23H,3,6,13-14H2,(H,24,25)/t17-/m1/s1. The number of aromatic nitrogens is 1. The Bertz CT molecular complexity index is 1120. The lowest BCUT2D eigenvalue weighted by Gasteiger charge is -2.12. The van der Waals surface area contributed by atoms with Gasteiger partial charge in [0, 0.05) is 30.3 Å². The number of fused-ring (bicyclic) bond motifs is 1. The van der Waals surface area contributed by atoms with Crippen molar-refractivity contribution in [3.63, 3.8) is 0 Å². The first-order chi connectivity index (χ1) is 14.0. The van der Waals surface area contributed by atoms with Gasteiger partial charge in [0.1, 0.15) is 0 Å². The molecule has 7 nitrogen and oxygen atoms in total. The van der Waals surface area contributed by atoms with Crippen molar-refractivity contribution in [1.82, 2.24) is 9.71 Å². The summed E-state index contributed by atoms with van der Waals surface area (Å²) in [6.45, 7) is 0.918. The van der Waals surface area contributed by atoms with Crippen molar-refractivity contribution in [3.8, 4) is 0 Å². The second-order valence-corrected chi connectivity index (χ2v) is 8.61. The molecule has 1 amide bonds. The van der Waals surface area contributed by atoms with Gasteiger partial charge in [0.2, 0.25) is 10.0 Å². The Morgan fingerprint density at radius 1 is 1.10 bits per heavy atom. The van der Waals surface area contributed by atoms with Crippen molar-refractivity contribution >= 4 is 32.5 Å². The summed E-state index contributed by atoms with van der Waals surface area (Å²) in [4.78, 5) is 17.0. The van der Waals surface area contributed by atoms with Gasteiger partial charge in [-0.25, -0.2) is 13.1 Å². The van der Waals surface area contributed by atoms with E-state index in [9.17, 15) is 13.2 Å². The highest BCUT2D eigenvalue weighted by molar-refractivity contribution is 7.89. The maximum Gasteiger partial charge on any atom is 0.255 e. The topological polar surface area (TPSA) is 97.4 Å². The second kappa shape index (κ2) is 8.28. The molecule has 0 unspecified atom stereocenters. The Morgan fingerprint density at radius 2 is 1.90 bits per heavy atom. The number of nitrogens with one attached hydrogen (secondary N) is 2. The van der Waals surface area contributed by atoms with Crippen LogP contribution in [0.25, 0.3) is 10.9 Å². The fourth-order valence-corrected chi connectivity index (χ4v) is 4.34. The van der Waals surface area contributed by atoms with E-state index in [-0.39, 0.29) is 23.5 Å². The average Bonchev–Trinajstić information content (AvgIpc) is 3.26. The van der Waals surface area contributed by atoms with E-state index in [1.54, 1.807) is 12.3 Å². The molecule has 1 saturated heterocycles. The van der Waals surface area contributed by atoms with E-state index < -0.39 is 10.0 Å². The molecular formula is C21H21N3O4S. The summed E-state index contributed by atoms with van der Waals surface area (Å²) in [7, 11) is -3.65. The number of pyridine rings is 1. The minimum absolute atomic E-state index is 0.0795. The number of nitrogens with zero attached hydrogens (tertiary/aromatic N) is 1. The Kier molecular flexibility index (Phi) is 5.57. The Labute approximate surface area is 169 Å². The third-order valence-electron chi connectivity index (χ3n) is 4.83. The lowest BCUT2D eigenvalue weighted by Crippen LogP contribution is -2.31. The average molecular weight is 411 g/mol. The summed E-state index contributed by atoms with van der Waals surface area (Å²) in [5, 5.41) is 3.76. The van der Waals surface area contributed by atoms with Crippen LogP contribution in [0.5, 0.6) is 0 Å². The maximum absolute atomic E-state index is 12.6. The van der Waals surface area contributed by atoms with Crippen LogP contribution in [-0.4, -0.2) is 38.6 Å². The molecule has 2 aromatic carbocycles. The number of carbonyl (C=O) groups excluding carboxylic acids is 1. The van der Waals surface area contributed by atoms with Gasteiger partial charge in [0.15, 0.2) is 0 Å². The highest BCUT2D eigenvalue weighted by Crippen LogP contribution is 2.21. The van der Waals surface area contributed by atoms with E-state index in [1.165, 1.54) is 24.3 Å². The van der Waals surface area contributed by atoms with Crippen molar-refractivity contribution in [2.75, 3.05) is 18.5 Å². The highest BCUT2D eigenvalue weighted by atomic mass is 32.2. The lowest BCUT2D eigenvalue weighted by molar-refractivity contribution is 0.102. The molecule has 8 heteroatoms. The molecule has 1 aliphatic heterocycles. The van der Waals surface area contributed by atoms with Crippen LogP contribution in [0.2, 0.25) is 0 Å². The van der Waals surface area contributed by atoms with E-state index in [0.29, 0.717) is 23.4 Å². The number of hydrogen-bond acceptors (Lipinski definition) is 5. The first-order valence-corrected chi connectivity index (χ1v) is 10.9. The van der Waals surface area contributed by atoms with E-state index in [4.69, 9.17) is 4.74 Å². The predicted molar refractivity (Wildman–Crippen MR) is 110 cm³/mol. The SMILES string of the molecule is O=C(Nc1cccc2cccnc12)c1ccc(S(=O)(=O)NC[C@H]2CCCO2)cc1. The zero-order valence-corrected chi connectivity index (χ0v) is 16.5. The maximum atomic E-state index is 12.6. The van der Waals surface area contributed by atoms with Crippen LogP contribution in [0.1, 0.15) is 23.2 Å². The summed E-state index contributed by atoms with van der Waals surface area (Å²) in [6, 6.07) is 15.1. The van der Waals surface area contributed by atoms with E-state index >= 15 is 0 Å². The normalized spacial score (nSPS) is 16.8. The fourth-order valence-electron chi connectivity index (χ4n) is 3.28. The van der Waals surface area contributed by atoms with Gasteiger partial charge in [0.05, 0.1) is 22.2 Å². The van der Waals surface area contributed by atoms with Gasteiger partial charge in [-0.05, 0) is 49.2 Å². The van der Waals surface area contributed by atoms with Crippen molar-refractivity contribution in [1.29, 1.82) is 0 Å². The number of para-hydroxylation sites is 1. The Balaban J connectivity index is 1.46. The number of rotatable bonds is 6. The molecule has 1 atom stereocenters. The van der Waals surface area contributed by atoms with Crippen molar-refractivity contribution in [2.24, 2.45) is 0 Å². The minimum atomic E-state index is -3.65. The van der Waals surface area contributed by atoms with E-state index in [2.05, 4.69) is 15.0 Å². The molecule has 2 N–H and O–H groups in total. The van der Waals surface area contributed by atoms with Crippen LogP contribution in [0.15, 0.2) is 65.7 Å². The number of carbonyl (C=O) groups is 1. The van der Waals surface area contributed by atoms with Crippen molar-refractivity contribution < 1.29 is 17.9 Å². The Morgan fingerprint density at radius 3 is 2.66 bits per heavy atom. The molecule has 0 aliphatic carbocycles. The van der Waals surface area contributed by atoms with Gasteiger partial charge >= 0.3 is 0 Å². The monoisotopic (exact) mass is 411 g/mol. The number of hydrogen-bond donors (Lipinski definition) is 2. The first kappa shape index (κ1) is 19.5. The molecule has 0 bridgehead atoms. The van der Waals surface area contributed by atoms with Crippen LogP contribution >= 0.6 is 0 Å². The van der Waals surface area contributed by atoms with Gasteiger partial charge in [-0.1, -0.05) is 18.2 Å². The minimum Gasteiger partial charge on any atom is -0.377 e. The molecule has 1 aliphatic rings. The Hall–Kier alpha value is -2.81. The molecule has 4 rings (SSSR count). The summed E-state index contributed by atoms with van der Waals surface area (Å²) in [6.07, 6.45) is 3.39. The molecule has 0 radical (unpaired) electrons. The van der Waals surface area contributed by atoms with Crippen LogP contribution < -0.4 is 10.0 Å². The van der Waals surface area contributed by atoms with Crippen LogP contribution in [0.3, 0.4) is 0 Å². The summed E-state index contributed by atoms with van der Waals surface area (Å²) in [5.74, 6) is -0.334. The van der Waals surface area contributed by atoms with Gasteiger partial charge in [-0.3, -0.25) is 9.78 Å². The lowest BCUT2D eigenvalue weighted by atomic mass is 10.1. The zero-order chi connectivity index (χ0) is 20.3. The third-order valence-corrected chi connectivity index (χ3v) is 6.27. The molecule has 0 spiro atoms. The third kappa shape index (κ3) is 4.45. The second-order valence-electron chi connectivity index (χ2n) is 6.85. The largest absolute Gasteiger partial charge is 0.377 e. The summed E-state index contributed by atoms with van der Waals surface area (Å²) >= 11 is 0. The quantitative estimate of drug-likeness (QED) is 0.650. The molecular weight excluding hydrogens is 390 g/mol. The molecule has 1 fully saturated rings. The molecule has 2 heterocycles. The molecule has 1 aromatic heterocycles. The van der Waals surface area contributed by atoms with Gasteiger partial charge in [0.25, 0.3) is 5.91 Å². The fraction of sp³-hybridized carbons (Fsp3) is 0.238. The summed E-state index contributed by atoms with van der Waals surface area (Å²) < 4.78 is 32.9. The van der Waals surface area contributed by atoms with E-state index in [1.807, 2.05) is 24.3 Å². The number of anilines is 1. The number of ether oxygens (including phenoxy) is 1. The number of amides is 1. The van der Waals surface area contributed by atoms with Crippen LogP contribution in [0.4, 0.5) is 5.69 Å². The van der Waals surface area contributed by atoms with E-state index in [0.717, 1.165) is 18.2 Å². The number of benzene rings is 2. The summed E-state index contributed by atoms with van der Waals surface area (Å²) in [5.41, 5.74) is 1.65. The predicted octanol–water partition coefficient (Wildman–Crippen LogP) is 2.94. The van der Waals surface area contributed by atoms with Gasteiger partial charge < -0.3 is 10.1 Å². The zero-order valence-electron chi connectivity index (χ0n) is 15.7. The molecule has 29 heavy (non-hydrogen) atoms. The number of sulfonamides is 1.